The number of benzene rings is 2. The molecule has 2 amide bonds. The molecule has 1 atom stereocenters. The Kier molecular flexibility index (Phi) is 4.81. The zero-order chi connectivity index (χ0) is 16.3. The van der Waals surface area contributed by atoms with E-state index in [2.05, 4.69) is 5.32 Å². The lowest BCUT2D eigenvalue weighted by Gasteiger charge is -2.26. The Balaban J connectivity index is 2.11. The number of halogens is 1. The molecule has 0 saturated carbocycles. The Labute approximate surface area is 130 Å². The first kappa shape index (κ1) is 16.0. The number of hydrogen-bond donors (Lipinski definition) is 1. The second kappa shape index (κ2) is 6.60. The Hall–Kier alpha value is -2.36. The van der Waals surface area contributed by atoms with Gasteiger partial charge >= 0.3 is 6.03 Å². The van der Waals surface area contributed by atoms with Crippen LogP contribution in [0.2, 0.25) is 0 Å². The SMILES string of the molecule is Cc1ccc(C)c(NC(=O)N(C)[C@H](C)c2ccc(F)cc2)c1. The number of nitrogens with zero attached hydrogens (tertiary/aromatic N) is 1. The first-order valence-corrected chi connectivity index (χ1v) is 7.25. The Morgan fingerprint density at radius 2 is 1.77 bits per heavy atom. The summed E-state index contributed by atoms with van der Waals surface area (Å²) in [4.78, 5) is 14.0. The Bertz CT molecular complexity index is 667. The van der Waals surface area contributed by atoms with Gasteiger partial charge in [-0.1, -0.05) is 24.3 Å². The van der Waals surface area contributed by atoms with Crippen LogP contribution in [0.4, 0.5) is 14.9 Å². The first-order chi connectivity index (χ1) is 10.4. The van der Waals surface area contributed by atoms with Crippen LogP contribution in [-0.4, -0.2) is 18.0 Å². The van der Waals surface area contributed by atoms with Crippen molar-refractivity contribution < 1.29 is 9.18 Å². The molecular formula is C18H21FN2O. The number of carbonyl (C=O) groups excluding carboxylic acids is 1. The van der Waals surface area contributed by atoms with Gasteiger partial charge in [0.25, 0.3) is 0 Å². The summed E-state index contributed by atoms with van der Waals surface area (Å²) in [6.07, 6.45) is 0. The molecule has 0 spiro atoms. The average Bonchev–Trinajstić information content (AvgIpc) is 2.50. The maximum atomic E-state index is 13.0. The van der Waals surface area contributed by atoms with E-state index in [-0.39, 0.29) is 17.9 Å². The molecule has 4 heteroatoms. The third-order valence-electron chi connectivity index (χ3n) is 3.89. The van der Waals surface area contributed by atoms with Crippen LogP contribution in [0, 0.1) is 19.7 Å². The fraction of sp³-hybridized carbons (Fsp3) is 0.278. The standard InChI is InChI=1S/C18H21FN2O/c1-12-5-6-13(2)17(11-12)20-18(22)21(4)14(3)15-7-9-16(19)10-8-15/h5-11,14H,1-4H3,(H,20,22)/t14-/m1/s1. The number of nitrogens with one attached hydrogen (secondary N) is 1. The van der Waals surface area contributed by atoms with Gasteiger partial charge in [0.15, 0.2) is 0 Å². The topological polar surface area (TPSA) is 32.3 Å². The van der Waals surface area contributed by atoms with Crippen LogP contribution in [0.25, 0.3) is 0 Å². The molecule has 1 N–H and O–H groups in total. The number of urea groups is 1. The Morgan fingerprint density at radius 1 is 1.14 bits per heavy atom. The maximum absolute atomic E-state index is 13.0. The zero-order valence-corrected chi connectivity index (χ0v) is 13.4. The van der Waals surface area contributed by atoms with E-state index in [0.29, 0.717) is 0 Å². The van der Waals surface area contributed by atoms with Crippen LogP contribution in [0.1, 0.15) is 29.7 Å². The monoisotopic (exact) mass is 300 g/mol. The number of carbonyl (C=O) groups is 1. The van der Waals surface area contributed by atoms with Crippen molar-refractivity contribution in [3.8, 4) is 0 Å². The van der Waals surface area contributed by atoms with E-state index in [4.69, 9.17) is 0 Å². The van der Waals surface area contributed by atoms with Crippen molar-refractivity contribution in [3.63, 3.8) is 0 Å². The average molecular weight is 300 g/mol. The number of aryl methyl sites for hydroxylation is 2. The fourth-order valence-electron chi connectivity index (χ4n) is 2.21. The smallest absolute Gasteiger partial charge is 0.321 e. The minimum Gasteiger partial charge on any atom is -0.321 e. The highest BCUT2D eigenvalue weighted by molar-refractivity contribution is 5.90. The lowest BCUT2D eigenvalue weighted by Crippen LogP contribution is -2.33. The molecule has 0 radical (unpaired) electrons. The molecule has 0 heterocycles. The van der Waals surface area contributed by atoms with Gasteiger partial charge in [0, 0.05) is 12.7 Å². The van der Waals surface area contributed by atoms with Crippen LogP contribution >= 0.6 is 0 Å². The lowest BCUT2D eigenvalue weighted by molar-refractivity contribution is 0.208. The van der Waals surface area contributed by atoms with Gasteiger partial charge in [-0.3, -0.25) is 0 Å². The third kappa shape index (κ3) is 3.64. The summed E-state index contributed by atoms with van der Waals surface area (Å²) >= 11 is 0. The van der Waals surface area contributed by atoms with Crippen molar-refractivity contribution in [2.75, 3.05) is 12.4 Å². The van der Waals surface area contributed by atoms with Crippen LogP contribution < -0.4 is 5.32 Å². The minimum atomic E-state index is -0.279. The molecule has 0 bridgehead atoms. The molecule has 22 heavy (non-hydrogen) atoms. The summed E-state index contributed by atoms with van der Waals surface area (Å²) < 4.78 is 13.0. The van der Waals surface area contributed by atoms with Crippen LogP contribution in [0.15, 0.2) is 42.5 Å². The highest BCUT2D eigenvalue weighted by Crippen LogP contribution is 2.21. The van der Waals surface area contributed by atoms with E-state index in [1.807, 2.05) is 39.0 Å². The normalized spacial score (nSPS) is 11.9. The third-order valence-corrected chi connectivity index (χ3v) is 3.89. The van der Waals surface area contributed by atoms with Gasteiger partial charge in [0.1, 0.15) is 5.82 Å². The molecule has 0 aliphatic heterocycles. The molecule has 0 unspecified atom stereocenters. The van der Waals surface area contributed by atoms with Gasteiger partial charge in [-0.05, 0) is 55.7 Å². The second-order valence-corrected chi connectivity index (χ2v) is 5.59. The van der Waals surface area contributed by atoms with E-state index in [9.17, 15) is 9.18 Å². The molecule has 2 rings (SSSR count). The van der Waals surface area contributed by atoms with Crippen LogP contribution in [0.3, 0.4) is 0 Å². The van der Waals surface area contributed by atoms with Gasteiger partial charge in [-0.15, -0.1) is 0 Å². The number of hydrogen-bond acceptors (Lipinski definition) is 1. The summed E-state index contributed by atoms with van der Waals surface area (Å²) in [6.45, 7) is 5.86. The highest BCUT2D eigenvalue weighted by atomic mass is 19.1. The number of rotatable bonds is 3. The van der Waals surface area contributed by atoms with Crippen LogP contribution in [-0.2, 0) is 0 Å². The molecule has 0 aliphatic rings. The summed E-state index contributed by atoms with van der Waals surface area (Å²) in [7, 11) is 1.73. The van der Waals surface area contributed by atoms with Gasteiger partial charge < -0.3 is 10.2 Å². The summed E-state index contributed by atoms with van der Waals surface area (Å²) in [5, 5.41) is 2.93. The molecule has 2 aromatic rings. The van der Waals surface area contributed by atoms with E-state index in [1.54, 1.807) is 24.1 Å². The van der Waals surface area contributed by atoms with Crippen LogP contribution in [0.5, 0.6) is 0 Å². The van der Waals surface area contributed by atoms with Gasteiger partial charge in [0.2, 0.25) is 0 Å². The quantitative estimate of drug-likeness (QED) is 0.878. The second-order valence-electron chi connectivity index (χ2n) is 5.59. The molecule has 2 aromatic carbocycles. The van der Waals surface area contributed by atoms with Crippen molar-refractivity contribution in [2.45, 2.75) is 26.8 Å². The predicted molar refractivity (Wildman–Crippen MR) is 87.5 cm³/mol. The highest BCUT2D eigenvalue weighted by Gasteiger charge is 2.18. The van der Waals surface area contributed by atoms with Crippen molar-refractivity contribution in [3.05, 3.63) is 65.0 Å². The predicted octanol–water partition coefficient (Wildman–Crippen LogP) is 4.67. The lowest BCUT2D eigenvalue weighted by atomic mass is 10.1. The molecule has 0 aromatic heterocycles. The summed E-state index contributed by atoms with van der Waals surface area (Å²) in [6, 6.07) is 11.8. The van der Waals surface area contributed by atoms with Crippen molar-refractivity contribution in [2.24, 2.45) is 0 Å². The van der Waals surface area contributed by atoms with Crippen molar-refractivity contribution in [1.29, 1.82) is 0 Å². The van der Waals surface area contributed by atoms with Crippen molar-refractivity contribution >= 4 is 11.7 Å². The van der Waals surface area contributed by atoms with E-state index >= 15 is 0 Å². The fourth-order valence-corrected chi connectivity index (χ4v) is 2.21. The van der Waals surface area contributed by atoms with Gasteiger partial charge in [0.05, 0.1) is 6.04 Å². The molecule has 0 fully saturated rings. The summed E-state index contributed by atoms with van der Waals surface area (Å²) in [5.74, 6) is -0.279. The Morgan fingerprint density at radius 3 is 2.41 bits per heavy atom. The minimum absolute atomic E-state index is 0.147. The molecular weight excluding hydrogens is 279 g/mol. The largest absolute Gasteiger partial charge is 0.322 e. The summed E-state index contributed by atoms with van der Waals surface area (Å²) in [5.41, 5.74) is 3.81. The van der Waals surface area contributed by atoms with Gasteiger partial charge in [-0.25, -0.2) is 9.18 Å². The molecule has 3 nitrogen and oxygen atoms in total. The number of amides is 2. The molecule has 116 valence electrons. The van der Waals surface area contributed by atoms with Gasteiger partial charge in [-0.2, -0.15) is 0 Å². The molecule has 0 aliphatic carbocycles. The molecule has 0 saturated heterocycles. The van der Waals surface area contributed by atoms with E-state index < -0.39 is 0 Å². The maximum Gasteiger partial charge on any atom is 0.322 e. The van der Waals surface area contributed by atoms with E-state index in [0.717, 1.165) is 22.4 Å². The number of anilines is 1. The van der Waals surface area contributed by atoms with E-state index in [1.165, 1.54) is 12.1 Å². The van der Waals surface area contributed by atoms with Crippen molar-refractivity contribution in [1.82, 2.24) is 4.90 Å². The zero-order valence-electron chi connectivity index (χ0n) is 13.4. The first-order valence-electron chi connectivity index (χ1n) is 7.25.